The number of pyridine rings is 2. The van der Waals surface area contributed by atoms with Gasteiger partial charge in [-0.25, -0.2) is 13.8 Å². The van der Waals surface area contributed by atoms with Crippen molar-refractivity contribution < 1.29 is 18.0 Å². The van der Waals surface area contributed by atoms with Gasteiger partial charge in [-0.2, -0.15) is 0 Å². The average Bonchev–Trinajstić information content (AvgIpc) is 3.13. The van der Waals surface area contributed by atoms with E-state index >= 15 is 0 Å². The van der Waals surface area contributed by atoms with E-state index in [2.05, 4.69) is 15.0 Å². The van der Waals surface area contributed by atoms with Gasteiger partial charge in [0.2, 0.25) is 0 Å². The van der Waals surface area contributed by atoms with Gasteiger partial charge >= 0.3 is 0 Å². The standard InChI is InChI=1S/C22H24F2N4O2/c1-14-25-12-21(30-14)19-8-16-7-18(26-10-17(16)11-27-19)9-20(29)15-3-5-28(6-4-15)13-22(2,23)24/h7-8,10-12,15H,3-6,9,13H2,1-2H3. The number of alkyl halides is 2. The Bertz CT molecular complexity index is 1050. The quantitative estimate of drug-likeness (QED) is 0.605. The summed E-state index contributed by atoms with van der Waals surface area (Å²) in [5, 5.41) is 1.80. The van der Waals surface area contributed by atoms with Crippen LogP contribution in [0, 0.1) is 12.8 Å². The maximum absolute atomic E-state index is 13.2. The van der Waals surface area contributed by atoms with Crippen LogP contribution >= 0.6 is 0 Å². The van der Waals surface area contributed by atoms with Crippen LogP contribution in [0.2, 0.25) is 0 Å². The minimum atomic E-state index is -2.70. The van der Waals surface area contributed by atoms with Crippen LogP contribution in [-0.2, 0) is 11.2 Å². The van der Waals surface area contributed by atoms with Crippen molar-refractivity contribution in [1.29, 1.82) is 0 Å². The van der Waals surface area contributed by atoms with Gasteiger partial charge in [-0.15, -0.1) is 0 Å². The molecule has 6 nitrogen and oxygen atoms in total. The third-order valence-corrected chi connectivity index (χ3v) is 5.43. The minimum absolute atomic E-state index is 0.102. The van der Waals surface area contributed by atoms with E-state index in [9.17, 15) is 13.6 Å². The molecule has 0 saturated carbocycles. The number of hydrogen-bond donors (Lipinski definition) is 0. The molecule has 0 N–H and O–H groups in total. The first kappa shape index (κ1) is 20.5. The fourth-order valence-electron chi connectivity index (χ4n) is 3.92. The summed E-state index contributed by atoms with van der Waals surface area (Å²) in [5.41, 5.74) is 1.37. The SMILES string of the molecule is Cc1ncc(-c2cc3cc(CC(=O)C4CCN(CC(C)(F)F)CC4)ncc3cn2)o1. The molecule has 3 aromatic heterocycles. The van der Waals surface area contributed by atoms with Crippen LogP contribution in [0.3, 0.4) is 0 Å². The molecule has 1 aliphatic rings. The Morgan fingerprint density at radius 1 is 1.13 bits per heavy atom. The molecule has 0 unspecified atom stereocenters. The molecular formula is C22H24F2N4O2. The zero-order valence-electron chi connectivity index (χ0n) is 17.1. The van der Waals surface area contributed by atoms with Crippen molar-refractivity contribution in [1.82, 2.24) is 19.9 Å². The Morgan fingerprint density at radius 2 is 1.87 bits per heavy atom. The molecule has 4 heterocycles. The summed E-state index contributed by atoms with van der Waals surface area (Å²) < 4.78 is 31.9. The molecule has 1 saturated heterocycles. The highest BCUT2D eigenvalue weighted by molar-refractivity contribution is 5.87. The number of rotatable bonds is 6. The number of halogens is 2. The molecule has 158 valence electrons. The van der Waals surface area contributed by atoms with Crippen molar-refractivity contribution in [3.05, 3.63) is 42.3 Å². The molecular weight excluding hydrogens is 390 g/mol. The second-order valence-corrected chi connectivity index (χ2v) is 8.10. The van der Waals surface area contributed by atoms with Gasteiger partial charge in [-0.05, 0) is 43.5 Å². The van der Waals surface area contributed by atoms with E-state index in [1.807, 2.05) is 12.1 Å². The van der Waals surface area contributed by atoms with E-state index in [0.29, 0.717) is 49.0 Å². The van der Waals surface area contributed by atoms with E-state index in [1.54, 1.807) is 30.4 Å². The van der Waals surface area contributed by atoms with E-state index in [4.69, 9.17) is 4.42 Å². The Morgan fingerprint density at radius 3 is 2.53 bits per heavy atom. The third kappa shape index (κ3) is 4.87. The smallest absolute Gasteiger partial charge is 0.257 e. The number of aryl methyl sites for hydroxylation is 1. The molecule has 8 heteroatoms. The number of nitrogens with zero attached hydrogens (tertiary/aromatic N) is 4. The van der Waals surface area contributed by atoms with Crippen LogP contribution in [-0.4, -0.2) is 51.2 Å². The highest BCUT2D eigenvalue weighted by atomic mass is 19.3. The fourth-order valence-corrected chi connectivity index (χ4v) is 3.92. The van der Waals surface area contributed by atoms with Crippen molar-refractivity contribution in [3.63, 3.8) is 0 Å². The molecule has 4 rings (SSSR count). The van der Waals surface area contributed by atoms with Crippen LogP contribution in [0.15, 0.2) is 35.1 Å². The second-order valence-electron chi connectivity index (χ2n) is 8.10. The number of oxazole rings is 1. The predicted octanol–water partition coefficient (Wildman–Crippen LogP) is 4.07. The Labute approximate surface area is 173 Å². The number of fused-ring (bicyclic) bond motifs is 1. The Kier molecular flexibility index (Phi) is 5.60. The number of likely N-dealkylation sites (tertiary alicyclic amines) is 1. The summed E-state index contributed by atoms with van der Waals surface area (Å²) >= 11 is 0. The molecule has 0 radical (unpaired) electrons. The molecule has 0 aliphatic carbocycles. The molecule has 0 aromatic carbocycles. The van der Waals surface area contributed by atoms with Gasteiger partial charge in [0.1, 0.15) is 11.5 Å². The van der Waals surface area contributed by atoms with E-state index < -0.39 is 5.92 Å². The van der Waals surface area contributed by atoms with Crippen molar-refractivity contribution in [3.8, 4) is 11.5 Å². The van der Waals surface area contributed by atoms with Gasteiger partial charge < -0.3 is 4.42 Å². The first-order valence-corrected chi connectivity index (χ1v) is 10.1. The van der Waals surface area contributed by atoms with Crippen LogP contribution in [0.4, 0.5) is 8.78 Å². The van der Waals surface area contributed by atoms with Gasteiger partial charge in [0.15, 0.2) is 11.7 Å². The van der Waals surface area contributed by atoms with Crippen LogP contribution in [0.5, 0.6) is 0 Å². The summed E-state index contributed by atoms with van der Waals surface area (Å²) in [6, 6.07) is 3.79. The van der Waals surface area contributed by atoms with Gasteiger partial charge in [-0.3, -0.25) is 19.7 Å². The van der Waals surface area contributed by atoms with Crippen molar-refractivity contribution in [2.45, 2.75) is 39.0 Å². The van der Waals surface area contributed by atoms with E-state index in [1.165, 1.54) is 0 Å². The summed E-state index contributed by atoms with van der Waals surface area (Å²) in [6.07, 6.45) is 6.54. The van der Waals surface area contributed by atoms with Crippen LogP contribution < -0.4 is 0 Å². The molecule has 30 heavy (non-hydrogen) atoms. The zero-order chi connectivity index (χ0) is 21.3. The van der Waals surface area contributed by atoms with Crippen molar-refractivity contribution >= 4 is 16.6 Å². The maximum atomic E-state index is 13.2. The first-order valence-electron chi connectivity index (χ1n) is 10.1. The number of carbonyl (C=O) groups excluding carboxylic acids is 1. The molecule has 3 aromatic rings. The highest BCUT2D eigenvalue weighted by Gasteiger charge is 2.30. The number of piperidine rings is 1. The number of carbonyl (C=O) groups is 1. The molecule has 1 fully saturated rings. The number of aromatic nitrogens is 3. The lowest BCUT2D eigenvalue weighted by Gasteiger charge is -2.32. The number of ketones is 1. The zero-order valence-corrected chi connectivity index (χ0v) is 17.1. The summed E-state index contributed by atoms with van der Waals surface area (Å²) in [6.45, 7) is 3.51. The minimum Gasteiger partial charge on any atom is -0.439 e. The lowest BCUT2D eigenvalue weighted by atomic mass is 9.90. The van der Waals surface area contributed by atoms with E-state index in [0.717, 1.165) is 17.7 Å². The highest BCUT2D eigenvalue weighted by Crippen LogP contribution is 2.25. The lowest BCUT2D eigenvalue weighted by Crippen LogP contribution is -2.42. The van der Waals surface area contributed by atoms with Crippen molar-refractivity contribution in [2.24, 2.45) is 5.92 Å². The summed E-state index contributed by atoms with van der Waals surface area (Å²) in [5.74, 6) is -1.53. The number of Topliss-reactive ketones (excluding diaryl/α,β-unsaturated/α-hetero) is 1. The van der Waals surface area contributed by atoms with Gasteiger partial charge in [-0.1, -0.05) is 0 Å². The molecule has 0 bridgehead atoms. The fraction of sp³-hybridized carbons (Fsp3) is 0.455. The molecule has 1 aliphatic heterocycles. The second kappa shape index (κ2) is 8.18. The van der Waals surface area contributed by atoms with Gasteiger partial charge in [0.25, 0.3) is 5.92 Å². The summed E-state index contributed by atoms with van der Waals surface area (Å²) in [4.78, 5) is 27.4. The molecule has 0 spiro atoms. The predicted molar refractivity (Wildman–Crippen MR) is 108 cm³/mol. The molecule has 0 atom stereocenters. The number of hydrogen-bond acceptors (Lipinski definition) is 6. The van der Waals surface area contributed by atoms with Crippen LogP contribution in [0.25, 0.3) is 22.2 Å². The van der Waals surface area contributed by atoms with Crippen LogP contribution in [0.1, 0.15) is 31.4 Å². The van der Waals surface area contributed by atoms with Crippen molar-refractivity contribution in [2.75, 3.05) is 19.6 Å². The van der Waals surface area contributed by atoms with Gasteiger partial charge in [0.05, 0.1) is 12.7 Å². The summed E-state index contributed by atoms with van der Waals surface area (Å²) in [7, 11) is 0. The lowest BCUT2D eigenvalue weighted by molar-refractivity contribution is -0.124. The van der Waals surface area contributed by atoms with E-state index in [-0.39, 0.29) is 24.7 Å². The Hall–Kier alpha value is -2.74. The monoisotopic (exact) mass is 414 g/mol. The normalized spacial score (nSPS) is 16.3. The molecule has 0 amide bonds. The first-order chi connectivity index (χ1) is 14.3. The van der Waals surface area contributed by atoms with Gasteiger partial charge in [0, 0.05) is 49.7 Å². The average molecular weight is 414 g/mol. The maximum Gasteiger partial charge on any atom is 0.257 e. The topological polar surface area (TPSA) is 72.1 Å². The third-order valence-electron chi connectivity index (χ3n) is 5.43. The Balaban J connectivity index is 1.43. The largest absolute Gasteiger partial charge is 0.439 e.